The Morgan fingerprint density at radius 1 is 0.259 bits per heavy atom. The summed E-state index contributed by atoms with van der Waals surface area (Å²) in [6, 6.07) is 0. The molecule has 5 atom stereocenters. The summed E-state index contributed by atoms with van der Waals surface area (Å²) in [7, 11) is -10.0. The molecule has 0 aliphatic heterocycles. The molecule has 0 radical (unpaired) electrons. The van der Waals surface area contributed by atoms with Crippen molar-refractivity contribution in [1.29, 1.82) is 0 Å². The minimum Gasteiger partial charge on any atom is -0.462 e. The second-order valence-corrected chi connectivity index (χ2v) is 31.3. The number of ether oxygens (including phenoxy) is 4. The summed E-state index contributed by atoms with van der Waals surface area (Å²) in [6.45, 7) is 4.51. The van der Waals surface area contributed by atoms with Crippen molar-refractivity contribution in [2.45, 2.75) is 354 Å². The highest BCUT2D eigenvalue weighted by Gasteiger charge is 2.30. The first kappa shape index (κ1) is 106. The molecule has 17 nitrogen and oxygen atoms in total. The highest BCUT2D eigenvalue weighted by Crippen LogP contribution is 2.45. The van der Waals surface area contributed by atoms with Crippen LogP contribution in [0.3, 0.4) is 0 Å². The normalized spacial score (nSPS) is 14.6. The lowest BCUT2D eigenvalue weighted by molar-refractivity contribution is -0.161. The number of phosphoric ester groups is 2. The van der Waals surface area contributed by atoms with Crippen LogP contribution in [0, 0.1) is 0 Å². The van der Waals surface area contributed by atoms with Gasteiger partial charge < -0.3 is 33.8 Å². The van der Waals surface area contributed by atoms with E-state index in [1.165, 1.54) is 83.5 Å². The fourth-order valence-electron chi connectivity index (χ4n) is 11.2. The van der Waals surface area contributed by atoms with Crippen LogP contribution < -0.4 is 0 Å². The highest BCUT2D eigenvalue weighted by atomic mass is 31.2. The molecule has 0 rings (SSSR count). The second kappa shape index (κ2) is 83.4. The monoisotopic (exact) mass is 1610 g/mol. The Balaban J connectivity index is 5.50. The number of unbranched alkanes of at least 4 members (excludes halogenated alkanes) is 26. The molecule has 0 saturated carbocycles. The topological polar surface area (TPSA) is 237 Å². The summed E-state index contributed by atoms with van der Waals surface area (Å²) < 4.78 is 68.8. The summed E-state index contributed by atoms with van der Waals surface area (Å²) in [5.74, 6) is -2.32. The molecule has 0 aromatic heterocycles. The van der Waals surface area contributed by atoms with Crippen molar-refractivity contribution in [3.8, 4) is 0 Å². The SMILES string of the molecule is CC/C=C\C/C=C\C/C=C\C/C=C\C/C=C\C/C=C\CCC(=O)OCC(COP(=O)(O)OCC(O)COP(=O)(O)OCC(COC(=O)CCCCCCCC/C=C\C/C=C\C/C=C\CCCCC)OC(=O)CCCCCCCCCCCCCCCCC)OC(=O)CCCCC/C=C\C/C=C\C/C=C\C/C=C\C/C=C\CC. The summed E-state index contributed by atoms with van der Waals surface area (Å²) in [5, 5.41) is 10.7. The van der Waals surface area contributed by atoms with Gasteiger partial charge in [0, 0.05) is 25.7 Å². The molecule has 0 fully saturated rings. The summed E-state index contributed by atoms with van der Waals surface area (Å²) in [5.41, 5.74) is 0. The van der Waals surface area contributed by atoms with Crippen LogP contribution >= 0.6 is 15.6 Å². The largest absolute Gasteiger partial charge is 0.472 e. The molecule has 5 unspecified atom stereocenters. The van der Waals surface area contributed by atoms with E-state index < -0.39 is 97.5 Å². The summed E-state index contributed by atoms with van der Waals surface area (Å²) >= 11 is 0. The lowest BCUT2D eigenvalue weighted by atomic mass is 10.0. The number of esters is 4. The van der Waals surface area contributed by atoms with E-state index in [0.717, 1.165) is 167 Å². The molecule has 0 amide bonds. The summed E-state index contributed by atoms with van der Waals surface area (Å²) in [4.78, 5) is 73.3. The van der Waals surface area contributed by atoms with Crippen molar-refractivity contribution in [2.24, 2.45) is 0 Å². The van der Waals surface area contributed by atoms with Gasteiger partial charge in [-0.1, -0.05) is 333 Å². The maximum absolute atomic E-state index is 13.2. The molecular formula is C93H154O17P2. The van der Waals surface area contributed by atoms with Crippen LogP contribution in [0.2, 0.25) is 0 Å². The van der Waals surface area contributed by atoms with Crippen LogP contribution in [0.25, 0.3) is 0 Å². The second-order valence-electron chi connectivity index (χ2n) is 28.4. The van der Waals surface area contributed by atoms with E-state index in [9.17, 15) is 43.2 Å². The smallest absolute Gasteiger partial charge is 0.462 e. The van der Waals surface area contributed by atoms with Gasteiger partial charge in [0.05, 0.1) is 26.4 Å². The fraction of sp³-hybridized carbons (Fsp3) is 0.656. The zero-order valence-electron chi connectivity index (χ0n) is 70.0. The van der Waals surface area contributed by atoms with Crippen LogP contribution in [-0.4, -0.2) is 96.7 Å². The van der Waals surface area contributed by atoms with Crippen LogP contribution in [0.1, 0.15) is 336 Å². The number of carbonyl (C=O) groups excluding carboxylic acids is 4. The first-order valence-corrected chi connectivity index (χ1v) is 46.4. The molecule has 0 heterocycles. The van der Waals surface area contributed by atoms with Gasteiger partial charge in [0.15, 0.2) is 12.2 Å². The Bertz CT molecular complexity index is 2790. The van der Waals surface area contributed by atoms with E-state index in [2.05, 4.69) is 180 Å². The van der Waals surface area contributed by atoms with Gasteiger partial charge in [0.25, 0.3) is 0 Å². The molecule has 638 valence electrons. The van der Waals surface area contributed by atoms with Crippen molar-refractivity contribution < 1.29 is 80.2 Å². The van der Waals surface area contributed by atoms with Crippen LogP contribution in [0.4, 0.5) is 0 Å². The Morgan fingerprint density at radius 3 is 0.795 bits per heavy atom. The van der Waals surface area contributed by atoms with E-state index in [1.807, 2.05) is 18.2 Å². The molecule has 0 bridgehead atoms. The van der Waals surface area contributed by atoms with E-state index in [0.29, 0.717) is 32.1 Å². The Labute approximate surface area is 680 Å². The summed E-state index contributed by atoms with van der Waals surface area (Å²) in [6.07, 6.45) is 100. The fourth-order valence-corrected chi connectivity index (χ4v) is 12.7. The first-order valence-electron chi connectivity index (χ1n) is 43.4. The van der Waals surface area contributed by atoms with Crippen LogP contribution in [-0.2, 0) is 65.4 Å². The molecule has 0 aliphatic rings. The van der Waals surface area contributed by atoms with Crippen LogP contribution in [0.15, 0.2) is 170 Å². The van der Waals surface area contributed by atoms with E-state index in [1.54, 1.807) is 0 Å². The number of allylic oxidation sites excluding steroid dienone is 28. The zero-order valence-corrected chi connectivity index (χ0v) is 71.8. The quantitative estimate of drug-likeness (QED) is 0.0169. The van der Waals surface area contributed by atoms with Gasteiger partial charge in [0.2, 0.25) is 0 Å². The molecule has 3 N–H and O–H groups in total. The minimum atomic E-state index is -5.02. The number of phosphoric acid groups is 2. The van der Waals surface area contributed by atoms with Crippen molar-refractivity contribution in [2.75, 3.05) is 39.6 Å². The Kier molecular flexibility index (Phi) is 79.2. The highest BCUT2D eigenvalue weighted by molar-refractivity contribution is 7.47. The van der Waals surface area contributed by atoms with Gasteiger partial charge in [0.1, 0.15) is 19.3 Å². The lowest BCUT2D eigenvalue weighted by Crippen LogP contribution is -2.30. The number of aliphatic hydroxyl groups excluding tert-OH is 1. The predicted molar refractivity (Wildman–Crippen MR) is 463 cm³/mol. The van der Waals surface area contributed by atoms with Gasteiger partial charge in [-0.25, -0.2) is 9.13 Å². The van der Waals surface area contributed by atoms with Crippen LogP contribution in [0.5, 0.6) is 0 Å². The van der Waals surface area contributed by atoms with E-state index in [-0.39, 0.29) is 25.7 Å². The number of hydrogen-bond donors (Lipinski definition) is 3. The molecule has 19 heteroatoms. The molecule has 0 aromatic carbocycles. The van der Waals surface area contributed by atoms with E-state index >= 15 is 0 Å². The zero-order chi connectivity index (χ0) is 81.7. The van der Waals surface area contributed by atoms with Gasteiger partial charge in [-0.15, -0.1) is 0 Å². The maximum Gasteiger partial charge on any atom is 0.472 e. The van der Waals surface area contributed by atoms with Gasteiger partial charge in [-0.05, 0) is 148 Å². The Hall–Kier alpha value is -5.58. The molecule has 0 aliphatic carbocycles. The van der Waals surface area contributed by atoms with Gasteiger partial charge in [-0.2, -0.15) is 0 Å². The number of carbonyl (C=O) groups is 4. The molecule has 0 spiro atoms. The molecule has 0 saturated heterocycles. The standard InChI is InChI=1S/C93H154O17P2/c1-5-9-13-17-21-25-29-33-37-40-43-46-50-53-57-61-65-69-73-77-90(95)103-83-88(109-92(97)79-75-71-67-63-59-55-49-36-32-28-24-20-16-12-8-4)85-107-111(99,100)105-81-87(94)82-106-112(101,102)108-86-89(110-93(98)80-76-72-68-64-60-56-52-48-45-42-39-35-31-27-23-19-15-11-7-3)84-104-91(96)78-74-70-66-62-58-54-51-47-44-41-38-34-30-26-22-18-14-10-6-2/h10-11,14-15,21-23,25-27,33-35,37-39,43-48,54,56,58,60,66,70,87-89,94H,5-9,12-13,16-20,24,28-32,36,40-42,49-53,55,57,59,61-65,67-69,71-86H2,1-4H3,(H,99,100)(H,101,102)/b14-10-,15-11-,25-21-,26-22-,27-23-,37-33-,38-34-,39-35-,46-43-,47-44-,48-45-,58-54-,60-56-,70-66-. The lowest BCUT2D eigenvalue weighted by Gasteiger charge is -2.21. The van der Waals surface area contributed by atoms with Crippen molar-refractivity contribution in [3.05, 3.63) is 170 Å². The third-order valence-corrected chi connectivity index (χ3v) is 19.6. The molecule has 112 heavy (non-hydrogen) atoms. The maximum atomic E-state index is 13.2. The average Bonchev–Trinajstić information content (AvgIpc) is 0.898. The minimum absolute atomic E-state index is 0.0226. The molecule has 0 aromatic rings. The first-order chi connectivity index (χ1) is 54.7. The Morgan fingerprint density at radius 2 is 0.482 bits per heavy atom. The van der Waals surface area contributed by atoms with E-state index in [4.69, 9.17) is 37.0 Å². The van der Waals surface area contributed by atoms with Gasteiger partial charge in [-0.3, -0.25) is 37.3 Å². The predicted octanol–water partition coefficient (Wildman–Crippen LogP) is 26.1. The van der Waals surface area contributed by atoms with Crippen molar-refractivity contribution in [1.82, 2.24) is 0 Å². The average molecular weight is 1610 g/mol. The van der Waals surface area contributed by atoms with Crippen molar-refractivity contribution in [3.63, 3.8) is 0 Å². The number of aliphatic hydroxyl groups is 1. The molecular weight excluding hydrogens is 1450 g/mol. The number of hydrogen-bond acceptors (Lipinski definition) is 15. The number of rotatable bonds is 80. The third-order valence-electron chi connectivity index (χ3n) is 17.7. The third kappa shape index (κ3) is 82.4. The van der Waals surface area contributed by atoms with Gasteiger partial charge >= 0.3 is 39.5 Å². The van der Waals surface area contributed by atoms with Crippen molar-refractivity contribution >= 4 is 39.5 Å².